The predicted molar refractivity (Wildman–Crippen MR) is 93.8 cm³/mol. The lowest BCUT2D eigenvalue weighted by Gasteiger charge is -2.16. The van der Waals surface area contributed by atoms with Gasteiger partial charge in [-0.2, -0.15) is 0 Å². The minimum Gasteiger partial charge on any atom is -0.465 e. The van der Waals surface area contributed by atoms with Crippen LogP contribution < -0.4 is 10.2 Å². The number of methoxy groups -OCH3 is 1. The minimum absolute atomic E-state index is 0.0216. The Morgan fingerprint density at radius 2 is 1.96 bits per heavy atom. The largest absolute Gasteiger partial charge is 0.465 e. The van der Waals surface area contributed by atoms with Crippen LogP contribution in [0.5, 0.6) is 0 Å². The van der Waals surface area contributed by atoms with Crippen LogP contribution in [-0.4, -0.2) is 30.9 Å². The highest BCUT2D eigenvalue weighted by molar-refractivity contribution is 6.31. The second-order valence-corrected chi connectivity index (χ2v) is 5.96. The topological polar surface area (TPSA) is 75.7 Å². The molecule has 0 spiro atoms. The van der Waals surface area contributed by atoms with Gasteiger partial charge < -0.3 is 10.1 Å². The molecule has 2 aromatic rings. The lowest BCUT2D eigenvalue weighted by Crippen LogP contribution is -2.34. The highest BCUT2D eigenvalue weighted by atomic mass is 35.5. The summed E-state index contributed by atoms with van der Waals surface area (Å²) >= 11 is 5.94. The molecule has 6 nitrogen and oxygen atoms in total. The fraction of sp³-hybridized carbons (Fsp3) is 0.167. The number of esters is 1. The molecule has 1 heterocycles. The van der Waals surface area contributed by atoms with E-state index in [2.05, 4.69) is 10.1 Å². The zero-order valence-electron chi connectivity index (χ0n) is 13.4. The Morgan fingerprint density at radius 1 is 1.20 bits per heavy atom. The summed E-state index contributed by atoms with van der Waals surface area (Å²) in [7, 11) is 1.30. The SMILES string of the molecule is COC(=O)c1cccc(NC2CC(=O)N(c3cccc(Cl)c3)C2=O)c1. The van der Waals surface area contributed by atoms with Gasteiger partial charge in [0.1, 0.15) is 6.04 Å². The summed E-state index contributed by atoms with van der Waals surface area (Å²) in [6, 6.07) is 12.4. The third-order valence-corrected chi connectivity index (χ3v) is 4.07. The molecule has 7 heteroatoms. The van der Waals surface area contributed by atoms with Gasteiger partial charge in [-0.25, -0.2) is 9.69 Å². The van der Waals surface area contributed by atoms with Crippen LogP contribution >= 0.6 is 11.6 Å². The summed E-state index contributed by atoms with van der Waals surface area (Å²) in [4.78, 5) is 37.6. The van der Waals surface area contributed by atoms with Gasteiger partial charge in [0.05, 0.1) is 24.8 Å². The number of hydrogen-bond donors (Lipinski definition) is 1. The number of carbonyl (C=O) groups is 3. The first-order chi connectivity index (χ1) is 12.0. The number of halogens is 1. The molecule has 25 heavy (non-hydrogen) atoms. The lowest BCUT2D eigenvalue weighted by atomic mass is 10.1. The van der Waals surface area contributed by atoms with E-state index in [9.17, 15) is 14.4 Å². The number of benzene rings is 2. The molecule has 1 unspecified atom stereocenters. The Hall–Kier alpha value is -2.86. The Bertz CT molecular complexity index is 852. The quantitative estimate of drug-likeness (QED) is 0.672. The van der Waals surface area contributed by atoms with Crippen LogP contribution in [0.2, 0.25) is 5.02 Å². The molecule has 0 bridgehead atoms. The van der Waals surface area contributed by atoms with E-state index >= 15 is 0 Å². The second kappa shape index (κ2) is 6.94. The van der Waals surface area contributed by atoms with Crippen molar-refractivity contribution in [1.29, 1.82) is 0 Å². The van der Waals surface area contributed by atoms with Crippen LogP contribution in [0.3, 0.4) is 0 Å². The maximum absolute atomic E-state index is 12.6. The summed E-state index contributed by atoms with van der Waals surface area (Å²) < 4.78 is 4.68. The van der Waals surface area contributed by atoms with E-state index < -0.39 is 12.0 Å². The zero-order valence-corrected chi connectivity index (χ0v) is 14.1. The number of imide groups is 1. The summed E-state index contributed by atoms with van der Waals surface area (Å²) in [6.45, 7) is 0. The summed E-state index contributed by atoms with van der Waals surface area (Å²) in [6.07, 6.45) is 0.0216. The third kappa shape index (κ3) is 3.49. The number of nitrogens with zero attached hydrogens (tertiary/aromatic N) is 1. The highest BCUT2D eigenvalue weighted by Gasteiger charge is 2.39. The molecule has 0 radical (unpaired) electrons. The molecule has 128 valence electrons. The van der Waals surface area contributed by atoms with Crippen LogP contribution in [0.25, 0.3) is 0 Å². The van der Waals surface area contributed by atoms with E-state index in [0.29, 0.717) is 22.0 Å². The predicted octanol–water partition coefficient (Wildman–Crippen LogP) is 2.87. The normalized spacial score (nSPS) is 16.9. The monoisotopic (exact) mass is 358 g/mol. The van der Waals surface area contributed by atoms with Crippen molar-refractivity contribution in [1.82, 2.24) is 0 Å². The smallest absolute Gasteiger partial charge is 0.337 e. The fourth-order valence-electron chi connectivity index (χ4n) is 2.69. The van der Waals surface area contributed by atoms with Crippen molar-refractivity contribution >= 4 is 40.8 Å². The number of ether oxygens (including phenoxy) is 1. The van der Waals surface area contributed by atoms with E-state index in [4.69, 9.17) is 11.6 Å². The number of hydrogen-bond acceptors (Lipinski definition) is 5. The summed E-state index contributed by atoms with van der Waals surface area (Å²) in [5.74, 6) is -1.15. The summed E-state index contributed by atoms with van der Waals surface area (Å²) in [5, 5.41) is 3.45. The van der Waals surface area contributed by atoms with E-state index in [1.807, 2.05) is 0 Å². The molecule has 1 aliphatic rings. The molecule has 1 saturated heterocycles. The van der Waals surface area contributed by atoms with Crippen LogP contribution in [0.1, 0.15) is 16.8 Å². The molecule has 3 rings (SSSR count). The molecule has 0 aliphatic carbocycles. The Labute approximate surface area is 149 Å². The fourth-order valence-corrected chi connectivity index (χ4v) is 2.87. The van der Waals surface area contributed by atoms with Crippen LogP contribution in [0.4, 0.5) is 11.4 Å². The van der Waals surface area contributed by atoms with E-state index in [-0.39, 0.29) is 18.2 Å². The molecule has 0 aromatic heterocycles. The standard InChI is InChI=1S/C18H15ClN2O4/c1-25-18(24)11-4-2-6-13(8-11)20-15-10-16(22)21(17(15)23)14-7-3-5-12(19)9-14/h2-9,15,20H,10H2,1H3. The lowest BCUT2D eigenvalue weighted by molar-refractivity contribution is -0.121. The maximum Gasteiger partial charge on any atom is 0.337 e. The molecule has 1 aliphatic heterocycles. The van der Waals surface area contributed by atoms with Gasteiger partial charge in [0.2, 0.25) is 5.91 Å². The molecule has 2 amide bonds. The van der Waals surface area contributed by atoms with Crippen molar-refractivity contribution in [2.75, 3.05) is 17.3 Å². The van der Waals surface area contributed by atoms with E-state index in [0.717, 1.165) is 4.90 Å². The first-order valence-corrected chi connectivity index (χ1v) is 7.94. The number of rotatable bonds is 4. The molecular weight excluding hydrogens is 344 g/mol. The number of nitrogens with one attached hydrogen (secondary N) is 1. The number of anilines is 2. The molecule has 2 aromatic carbocycles. The van der Waals surface area contributed by atoms with Gasteiger partial charge in [-0.3, -0.25) is 9.59 Å². The maximum atomic E-state index is 12.6. The van der Waals surface area contributed by atoms with Gasteiger partial charge in [-0.05, 0) is 36.4 Å². The minimum atomic E-state index is -0.709. The van der Waals surface area contributed by atoms with Gasteiger partial charge in [0.25, 0.3) is 5.91 Å². The van der Waals surface area contributed by atoms with E-state index in [1.165, 1.54) is 7.11 Å². The van der Waals surface area contributed by atoms with Gasteiger partial charge >= 0.3 is 5.97 Å². The van der Waals surface area contributed by atoms with Crippen molar-refractivity contribution in [3.8, 4) is 0 Å². The highest BCUT2D eigenvalue weighted by Crippen LogP contribution is 2.27. The Balaban J connectivity index is 1.80. The Morgan fingerprint density at radius 3 is 2.68 bits per heavy atom. The van der Waals surface area contributed by atoms with Crippen LogP contribution in [-0.2, 0) is 14.3 Å². The second-order valence-electron chi connectivity index (χ2n) is 5.52. The number of amides is 2. The third-order valence-electron chi connectivity index (χ3n) is 3.84. The van der Waals surface area contributed by atoms with Crippen molar-refractivity contribution in [2.45, 2.75) is 12.5 Å². The van der Waals surface area contributed by atoms with Gasteiger partial charge in [0.15, 0.2) is 0 Å². The van der Waals surface area contributed by atoms with Gasteiger partial charge in [-0.15, -0.1) is 0 Å². The molecular formula is C18H15ClN2O4. The first-order valence-electron chi connectivity index (χ1n) is 7.57. The van der Waals surface area contributed by atoms with Gasteiger partial charge in [-0.1, -0.05) is 23.7 Å². The van der Waals surface area contributed by atoms with Gasteiger partial charge in [0, 0.05) is 10.7 Å². The van der Waals surface area contributed by atoms with Crippen molar-refractivity contribution in [2.24, 2.45) is 0 Å². The molecule has 1 N–H and O–H groups in total. The molecule has 1 fully saturated rings. The van der Waals surface area contributed by atoms with E-state index in [1.54, 1.807) is 48.5 Å². The van der Waals surface area contributed by atoms with Crippen molar-refractivity contribution < 1.29 is 19.1 Å². The zero-order chi connectivity index (χ0) is 18.0. The molecule has 1 atom stereocenters. The summed E-state index contributed by atoms with van der Waals surface area (Å²) in [5.41, 5.74) is 1.35. The number of carbonyl (C=O) groups excluding carboxylic acids is 3. The average Bonchev–Trinajstić information content (AvgIpc) is 2.88. The van der Waals surface area contributed by atoms with Crippen molar-refractivity contribution in [3.05, 3.63) is 59.1 Å². The van der Waals surface area contributed by atoms with Crippen LogP contribution in [0, 0.1) is 0 Å². The van der Waals surface area contributed by atoms with Crippen molar-refractivity contribution in [3.63, 3.8) is 0 Å². The average molecular weight is 359 g/mol. The molecule has 0 saturated carbocycles. The first kappa shape index (κ1) is 17.0. The Kier molecular flexibility index (Phi) is 4.72. The van der Waals surface area contributed by atoms with Crippen LogP contribution in [0.15, 0.2) is 48.5 Å².